The van der Waals surface area contributed by atoms with Crippen LogP contribution in [-0.4, -0.2) is 16.8 Å². The fourth-order valence-electron chi connectivity index (χ4n) is 2.93. The van der Waals surface area contributed by atoms with Crippen LogP contribution in [0.25, 0.3) is 6.08 Å². The van der Waals surface area contributed by atoms with E-state index in [1.165, 1.54) is 6.92 Å². The van der Waals surface area contributed by atoms with Crippen molar-refractivity contribution in [2.24, 2.45) is 0 Å². The first-order valence-electron chi connectivity index (χ1n) is 8.11. The standard InChI is InChI=1S/C20H17Cl2NO3/c1-13(24)23-9-8-14-4-2-3-5-17(14)19(23)11-20(25)26-12-15-6-7-16(21)10-18(15)22/h2-10,19H,11-12H2,1H3/t19-/m1/s1. The Labute approximate surface area is 162 Å². The molecular weight excluding hydrogens is 373 g/mol. The van der Waals surface area contributed by atoms with Crippen LogP contribution >= 0.6 is 23.2 Å². The van der Waals surface area contributed by atoms with Gasteiger partial charge in [-0.25, -0.2) is 0 Å². The minimum absolute atomic E-state index is 0.0547. The van der Waals surface area contributed by atoms with Crippen LogP contribution < -0.4 is 0 Å². The van der Waals surface area contributed by atoms with Crippen LogP contribution in [0.1, 0.15) is 36.1 Å². The molecule has 0 unspecified atom stereocenters. The van der Waals surface area contributed by atoms with E-state index in [0.717, 1.165) is 11.1 Å². The summed E-state index contributed by atoms with van der Waals surface area (Å²) in [5.74, 6) is -0.535. The molecule has 0 aromatic heterocycles. The Bertz CT molecular complexity index is 879. The summed E-state index contributed by atoms with van der Waals surface area (Å²) >= 11 is 12.0. The maximum absolute atomic E-state index is 12.4. The molecule has 0 radical (unpaired) electrons. The van der Waals surface area contributed by atoms with E-state index >= 15 is 0 Å². The van der Waals surface area contributed by atoms with E-state index < -0.39 is 5.97 Å². The van der Waals surface area contributed by atoms with E-state index in [0.29, 0.717) is 15.6 Å². The molecule has 1 aliphatic heterocycles. The van der Waals surface area contributed by atoms with Crippen molar-refractivity contribution < 1.29 is 14.3 Å². The first-order valence-corrected chi connectivity index (χ1v) is 8.87. The maximum atomic E-state index is 12.4. The first kappa shape index (κ1) is 18.5. The Morgan fingerprint density at radius 2 is 1.92 bits per heavy atom. The molecule has 26 heavy (non-hydrogen) atoms. The minimum atomic E-state index is -0.405. The molecule has 2 aromatic rings. The lowest BCUT2D eigenvalue weighted by Gasteiger charge is -2.32. The number of carbonyl (C=O) groups is 2. The van der Waals surface area contributed by atoms with Crippen LogP contribution in [-0.2, 0) is 20.9 Å². The molecule has 1 amide bonds. The van der Waals surface area contributed by atoms with Crippen molar-refractivity contribution in [2.45, 2.75) is 26.0 Å². The minimum Gasteiger partial charge on any atom is -0.461 e. The molecule has 0 fully saturated rings. The number of hydrogen-bond donors (Lipinski definition) is 0. The third-order valence-corrected chi connectivity index (χ3v) is 4.82. The van der Waals surface area contributed by atoms with Gasteiger partial charge in [-0.2, -0.15) is 0 Å². The van der Waals surface area contributed by atoms with Crippen molar-refractivity contribution >= 4 is 41.2 Å². The fourth-order valence-corrected chi connectivity index (χ4v) is 3.39. The summed E-state index contributed by atoms with van der Waals surface area (Å²) in [6, 6.07) is 12.3. The van der Waals surface area contributed by atoms with Crippen LogP contribution in [0.3, 0.4) is 0 Å². The molecule has 0 saturated carbocycles. The zero-order valence-corrected chi connectivity index (χ0v) is 15.6. The van der Waals surface area contributed by atoms with Crippen LogP contribution in [0.2, 0.25) is 10.0 Å². The lowest BCUT2D eigenvalue weighted by molar-refractivity contribution is -0.146. The van der Waals surface area contributed by atoms with Gasteiger partial charge in [0, 0.05) is 28.7 Å². The summed E-state index contributed by atoms with van der Waals surface area (Å²) in [6.07, 6.45) is 3.64. The van der Waals surface area contributed by atoms with Gasteiger partial charge in [-0.3, -0.25) is 9.59 Å². The number of carbonyl (C=O) groups excluding carboxylic acids is 2. The van der Waals surface area contributed by atoms with Gasteiger partial charge in [0.2, 0.25) is 5.91 Å². The smallest absolute Gasteiger partial charge is 0.308 e. The van der Waals surface area contributed by atoms with Crippen LogP contribution in [0.15, 0.2) is 48.7 Å². The summed E-state index contributed by atoms with van der Waals surface area (Å²) in [6.45, 7) is 1.53. The molecule has 0 spiro atoms. The lowest BCUT2D eigenvalue weighted by atomic mass is 9.94. The number of rotatable bonds is 4. The Hall–Kier alpha value is -2.30. The average Bonchev–Trinajstić information content (AvgIpc) is 2.61. The highest BCUT2D eigenvalue weighted by Gasteiger charge is 2.28. The highest BCUT2D eigenvalue weighted by molar-refractivity contribution is 6.35. The number of halogens is 2. The van der Waals surface area contributed by atoms with Gasteiger partial charge in [0.1, 0.15) is 6.61 Å². The number of hydrogen-bond acceptors (Lipinski definition) is 3. The van der Waals surface area contributed by atoms with Gasteiger partial charge in [0.15, 0.2) is 0 Å². The Morgan fingerprint density at radius 1 is 1.15 bits per heavy atom. The Morgan fingerprint density at radius 3 is 2.65 bits per heavy atom. The van der Waals surface area contributed by atoms with E-state index in [9.17, 15) is 9.59 Å². The molecule has 1 atom stereocenters. The second kappa shape index (κ2) is 7.94. The number of benzene rings is 2. The molecule has 0 saturated heterocycles. The van der Waals surface area contributed by atoms with Crippen LogP contribution in [0, 0.1) is 0 Å². The molecule has 6 heteroatoms. The fraction of sp³-hybridized carbons (Fsp3) is 0.200. The van der Waals surface area contributed by atoms with Gasteiger partial charge >= 0.3 is 5.97 Å². The normalized spacial score (nSPS) is 15.5. The van der Waals surface area contributed by atoms with Crippen LogP contribution in [0.5, 0.6) is 0 Å². The SMILES string of the molecule is CC(=O)N1C=Cc2ccccc2[C@H]1CC(=O)OCc1ccc(Cl)cc1Cl. The number of ether oxygens (including phenoxy) is 1. The number of fused-ring (bicyclic) bond motifs is 1. The molecule has 2 aromatic carbocycles. The third kappa shape index (κ3) is 4.09. The molecule has 134 valence electrons. The van der Waals surface area contributed by atoms with Crippen molar-refractivity contribution in [3.63, 3.8) is 0 Å². The van der Waals surface area contributed by atoms with Crippen molar-refractivity contribution in [1.29, 1.82) is 0 Å². The summed E-state index contributed by atoms with van der Waals surface area (Å²) in [5, 5.41) is 0.967. The molecule has 0 bridgehead atoms. The van der Waals surface area contributed by atoms with Gasteiger partial charge < -0.3 is 9.64 Å². The maximum Gasteiger partial charge on any atom is 0.308 e. The van der Waals surface area contributed by atoms with Crippen molar-refractivity contribution in [2.75, 3.05) is 0 Å². The highest BCUT2D eigenvalue weighted by atomic mass is 35.5. The second-order valence-corrected chi connectivity index (χ2v) is 6.83. The van der Waals surface area contributed by atoms with Crippen molar-refractivity contribution in [3.8, 4) is 0 Å². The molecule has 0 N–H and O–H groups in total. The molecule has 1 heterocycles. The Kier molecular flexibility index (Phi) is 5.64. The van der Waals surface area contributed by atoms with Crippen molar-refractivity contribution in [1.82, 2.24) is 4.90 Å². The van der Waals surface area contributed by atoms with E-state index in [1.807, 2.05) is 30.3 Å². The summed E-state index contributed by atoms with van der Waals surface area (Å²) in [7, 11) is 0. The van der Waals surface area contributed by atoms with E-state index in [2.05, 4.69) is 0 Å². The number of amides is 1. The monoisotopic (exact) mass is 389 g/mol. The summed E-state index contributed by atoms with van der Waals surface area (Å²) in [5.41, 5.74) is 2.59. The van der Waals surface area contributed by atoms with Gasteiger partial charge in [-0.05, 0) is 29.3 Å². The first-order chi connectivity index (χ1) is 12.5. The topological polar surface area (TPSA) is 46.6 Å². The van der Waals surface area contributed by atoms with Gasteiger partial charge in [-0.1, -0.05) is 53.5 Å². The summed E-state index contributed by atoms with van der Waals surface area (Å²) in [4.78, 5) is 25.9. The van der Waals surface area contributed by atoms with Gasteiger partial charge in [0.25, 0.3) is 0 Å². The number of nitrogens with zero attached hydrogens (tertiary/aromatic N) is 1. The highest BCUT2D eigenvalue weighted by Crippen LogP contribution is 2.33. The predicted octanol–water partition coefficient (Wildman–Crippen LogP) is 5.00. The van der Waals surface area contributed by atoms with E-state index in [-0.39, 0.29) is 25.0 Å². The Balaban J connectivity index is 1.72. The van der Waals surface area contributed by atoms with E-state index in [1.54, 1.807) is 29.3 Å². The quantitative estimate of drug-likeness (QED) is 0.691. The zero-order chi connectivity index (χ0) is 18.7. The largest absolute Gasteiger partial charge is 0.461 e. The average molecular weight is 390 g/mol. The zero-order valence-electron chi connectivity index (χ0n) is 14.1. The molecule has 0 aliphatic carbocycles. The van der Waals surface area contributed by atoms with Gasteiger partial charge in [0.05, 0.1) is 12.5 Å². The number of esters is 1. The summed E-state index contributed by atoms with van der Waals surface area (Å²) < 4.78 is 5.37. The van der Waals surface area contributed by atoms with Crippen molar-refractivity contribution in [3.05, 3.63) is 75.4 Å². The lowest BCUT2D eigenvalue weighted by Crippen LogP contribution is -2.32. The van der Waals surface area contributed by atoms with Crippen LogP contribution in [0.4, 0.5) is 0 Å². The molecule has 4 nitrogen and oxygen atoms in total. The molecular formula is C20H17Cl2NO3. The van der Waals surface area contributed by atoms with Gasteiger partial charge in [-0.15, -0.1) is 0 Å². The molecule has 3 rings (SSSR count). The molecule has 1 aliphatic rings. The predicted molar refractivity (Wildman–Crippen MR) is 102 cm³/mol. The third-order valence-electron chi connectivity index (χ3n) is 4.23. The van der Waals surface area contributed by atoms with E-state index in [4.69, 9.17) is 27.9 Å². The second-order valence-electron chi connectivity index (χ2n) is 5.99.